The zero-order valence-corrected chi connectivity index (χ0v) is 12.8. The van der Waals surface area contributed by atoms with Crippen molar-refractivity contribution >= 4 is 17.3 Å². The van der Waals surface area contributed by atoms with Crippen molar-refractivity contribution in [2.24, 2.45) is 0 Å². The maximum Gasteiger partial charge on any atom is 0.273 e. The first-order valence-electron chi connectivity index (χ1n) is 6.85. The molecule has 0 aliphatic rings. The van der Waals surface area contributed by atoms with Crippen LogP contribution in [0.15, 0.2) is 41.0 Å². The smallest absolute Gasteiger partial charge is 0.273 e. The Bertz CT molecular complexity index is 630. The van der Waals surface area contributed by atoms with E-state index in [4.69, 9.17) is 16.0 Å². The zero-order valence-electron chi connectivity index (χ0n) is 12.0. The second-order valence-corrected chi connectivity index (χ2v) is 5.52. The van der Waals surface area contributed by atoms with Crippen molar-refractivity contribution in [1.82, 2.24) is 5.32 Å². The molecule has 2 atom stereocenters. The number of aliphatic hydroxyl groups is 1. The first kappa shape index (κ1) is 16.5. The van der Waals surface area contributed by atoms with E-state index in [-0.39, 0.29) is 11.7 Å². The normalized spacial score (nSPS) is 13.8. The summed E-state index contributed by atoms with van der Waals surface area (Å²) in [5.41, 5.74) is 0.535. The number of nitrogens with zero attached hydrogens (tertiary/aromatic N) is 1. The van der Waals surface area contributed by atoms with Gasteiger partial charge in [-0.15, -0.1) is 0 Å². The summed E-state index contributed by atoms with van der Waals surface area (Å²) in [5, 5.41) is 24.6. The highest BCUT2D eigenvalue weighted by atomic mass is 35.5. The summed E-state index contributed by atoms with van der Waals surface area (Å²) >= 11 is 5.89. The summed E-state index contributed by atoms with van der Waals surface area (Å²) in [7, 11) is 0. The Labute approximate surface area is 132 Å². The van der Waals surface area contributed by atoms with Gasteiger partial charge in [0.25, 0.3) is 5.69 Å². The van der Waals surface area contributed by atoms with Crippen molar-refractivity contribution in [3.8, 4) is 0 Å². The number of hydrogen-bond donors (Lipinski definition) is 2. The number of aliphatic hydroxyl groups excluding tert-OH is 1. The third-order valence-corrected chi connectivity index (χ3v) is 3.56. The number of rotatable bonds is 7. The van der Waals surface area contributed by atoms with Gasteiger partial charge in [-0.25, -0.2) is 0 Å². The molecule has 0 saturated carbocycles. The molecule has 0 aliphatic heterocycles. The molecule has 0 bridgehead atoms. The maximum absolute atomic E-state index is 11.0. The van der Waals surface area contributed by atoms with Crippen LogP contribution in [0.3, 0.4) is 0 Å². The van der Waals surface area contributed by atoms with Crippen LogP contribution in [-0.4, -0.2) is 16.1 Å². The first-order valence-corrected chi connectivity index (χ1v) is 7.23. The van der Waals surface area contributed by atoms with Gasteiger partial charge in [-0.2, -0.15) is 0 Å². The molecule has 118 valence electrons. The Morgan fingerprint density at radius 2 is 2.23 bits per heavy atom. The Morgan fingerprint density at radius 1 is 1.45 bits per heavy atom. The molecule has 2 unspecified atom stereocenters. The average Bonchev–Trinajstić information content (AvgIpc) is 2.99. The second-order valence-electron chi connectivity index (χ2n) is 5.08. The largest absolute Gasteiger partial charge is 0.467 e. The maximum atomic E-state index is 11.0. The lowest BCUT2D eigenvalue weighted by atomic mass is 10.1. The number of benzene rings is 1. The summed E-state index contributed by atoms with van der Waals surface area (Å²) < 4.78 is 5.14. The SMILES string of the molecule is CC(CC(O)c1ccco1)NCc1cc(Cl)ccc1[N+](=O)[O-]. The predicted molar refractivity (Wildman–Crippen MR) is 82.7 cm³/mol. The highest BCUT2D eigenvalue weighted by Gasteiger charge is 2.17. The molecule has 1 aromatic carbocycles. The van der Waals surface area contributed by atoms with Crippen molar-refractivity contribution in [3.05, 3.63) is 63.1 Å². The van der Waals surface area contributed by atoms with E-state index in [0.717, 1.165) is 0 Å². The van der Waals surface area contributed by atoms with Crippen molar-refractivity contribution < 1.29 is 14.4 Å². The van der Waals surface area contributed by atoms with Gasteiger partial charge in [0.05, 0.1) is 11.2 Å². The molecule has 2 aromatic rings. The van der Waals surface area contributed by atoms with Gasteiger partial charge in [0.15, 0.2) is 0 Å². The third-order valence-electron chi connectivity index (χ3n) is 3.33. The van der Waals surface area contributed by atoms with E-state index in [2.05, 4.69) is 5.32 Å². The molecule has 2 N–H and O–H groups in total. The topological polar surface area (TPSA) is 88.5 Å². The van der Waals surface area contributed by atoms with Crippen LogP contribution in [0, 0.1) is 10.1 Å². The Hall–Kier alpha value is -1.89. The van der Waals surface area contributed by atoms with Crippen molar-refractivity contribution in [3.63, 3.8) is 0 Å². The predicted octanol–water partition coefficient (Wildman–Crippen LogP) is 3.44. The van der Waals surface area contributed by atoms with E-state index in [1.165, 1.54) is 18.4 Å². The van der Waals surface area contributed by atoms with Crippen LogP contribution >= 0.6 is 11.6 Å². The van der Waals surface area contributed by atoms with E-state index in [9.17, 15) is 15.2 Å². The molecular weight excluding hydrogens is 308 g/mol. The minimum Gasteiger partial charge on any atom is -0.467 e. The summed E-state index contributed by atoms with van der Waals surface area (Å²) in [6.45, 7) is 2.19. The molecule has 2 rings (SSSR count). The quantitative estimate of drug-likeness (QED) is 0.601. The van der Waals surface area contributed by atoms with Gasteiger partial charge < -0.3 is 14.8 Å². The van der Waals surface area contributed by atoms with E-state index in [1.807, 2.05) is 6.92 Å². The number of hydrogen-bond acceptors (Lipinski definition) is 5. The van der Waals surface area contributed by atoms with E-state index >= 15 is 0 Å². The van der Waals surface area contributed by atoms with Gasteiger partial charge >= 0.3 is 0 Å². The van der Waals surface area contributed by atoms with Crippen LogP contribution < -0.4 is 5.32 Å². The van der Waals surface area contributed by atoms with Crippen molar-refractivity contribution in [2.75, 3.05) is 0 Å². The van der Waals surface area contributed by atoms with Gasteiger partial charge in [0, 0.05) is 29.2 Å². The number of nitro groups is 1. The molecule has 0 amide bonds. The van der Waals surface area contributed by atoms with Gasteiger partial charge in [-0.3, -0.25) is 10.1 Å². The average molecular weight is 325 g/mol. The third kappa shape index (κ3) is 4.30. The number of furan rings is 1. The molecule has 0 spiro atoms. The van der Waals surface area contributed by atoms with Gasteiger partial charge in [-0.1, -0.05) is 11.6 Å². The summed E-state index contributed by atoms with van der Waals surface area (Å²) in [5.74, 6) is 0.502. The summed E-state index contributed by atoms with van der Waals surface area (Å²) in [6, 6.07) is 7.82. The van der Waals surface area contributed by atoms with E-state index in [0.29, 0.717) is 29.3 Å². The van der Waals surface area contributed by atoms with Crippen LogP contribution in [0.25, 0.3) is 0 Å². The highest BCUT2D eigenvalue weighted by molar-refractivity contribution is 6.30. The zero-order chi connectivity index (χ0) is 16.1. The van der Waals surface area contributed by atoms with Crippen LogP contribution in [0.2, 0.25) is 5.02 Å². The summed E-state index contributed by atoms with van der Waals surface area (Å²) in [4.78, 5) is 10.6. The Balaban J connectivity index is 1.95. The molecule has 0 aliphatic carbocycles. The number of nitrogens with one attached hydrogen (secondary N) is 1. The molecular formula is C15H17ClN2O4. The molecule has 7 heteroatoms. The molecule has 0 fully saturated rings. The van der Waals surface area contributed by atoms with Gasteiger partial charge in [0.2, 0.25) is 0 Å². The van der Waals surface area contributed by atoms with Crippen molar-refractivity contribution in [2.45, 2.75) is 32.0 Å². The lowest BCUT2D eigenvalue weighted by Crippen LogP contribution is -2.27. The Kier molecular flexibility index (Phi) is 5.54. The molecule has 1 aromatic heterocycles. The monoisotopic (exact) mass is 324 g/mol. The standard InChI is InChI=1S/C15H17ClN2O4/c1-10(7-14(19)15-3-2-6-22-15)17-9-11-8-12(16)4-5-13(11)18(20)21/h2-6,8,10,14,17,19H,7,9H2,1H3. The highest BCUT2D eigenvalue weighted by Crippen LogP contribution is 2.23. The Morgan fingerprint density at radius 3 is 2.86 bits per heavy atom. The van der Waals surface area contributed by atoms with Crippen LogP contribution in [0.1, 0.15) is 30.8 Å². The van der Waals surface area contributed by atoms with Crippen LogP contribution in [0.4, 0.5) is 5.69 Å². The lowest BCUT2D eigenvalue weighted by Gasteiger charge is -2.16. The molecule has 6 nitrogen and oxygen atoms in total. The fourth-order valence-corrected chi connectivity index (χ4v) is 2.37. The minimum atomic E-state index is -0.716. The van der Waals surface area contributed by atoms with E-state index < -0.39 is 11.0 Å². The van der Waals surface area contributed by atoms with Crippen molar-refractivity contribution in [1.29, 1.82) is 0 Å². The molecule has 0 saturated heterocycles. The van der Waals surface area contributed by atoms with Gasteiger partial charge in [0.1, 0.15) is 11.9 Å². The molecule has 0 radical (unpaired) electrons. The first-order chi connectivity index (χ1) is 10.5. The fourth-order valence-electron chi connectivity index (χ4n) is 2.17. The van der Waals surface area contributed by atoms with Crippen LogP contribution in [0.5, 0.6) is 0 Å². The molecule has 22 heavy (non-hydrogen) atoms. The van der Waals surface area contributed by atoms with E-state index in [1.54, 1.807) is 18.2 Å². The van der Waals surface area contributed by atoms with Crippen LogP contribution in [-0.2, 0) is 6.54 Å². The number of nitro benzene ring substituents is 1. The molecule has 1 heterocycles. The lowest BCUT2D eigenvalue weighted by molar-refractivity contribution is -0.385. The summed E-state index contributed by atoms with van der Waals surface area (Å²) in [6.07, 6.45) is 1.22. The number of halogens is 1. The fraction of sp³-hybridized carbons (Fsp3) is 0.333. The van der Waals surface area contributed by atoms with Gasteiger partial charge in [-0.05, 0) is 37.6 Å². The minimum absolute atomic E-state index is 0.0238. The second kappa shape index (κ2) is 7.40.